The highest BCUT2D eigenvalue weighted by Gasteiger charge is 2.26. The number of carbonyl (C=O) groups is 2. The van der Waals surface area contributed by atoms with Crippen molar-refractivity contribution in [2.75, 3.05) is 0 Å². The number of esters is 1. The van der Waals surface area contributed by atoms with Gasteiger partial charge in [0, 0.05) is 17.0 Å². The normalized spacial score (nSPS) is 14.7. The number of fused-ring (bicyclic) bond motifs is 3. The van der Waals surface area contributed by atoms with Gasteiger partial charge in [0.2, 0.25) is 0 Å². The summed E-state index contributed by atoms with van der Waals surface area (Å²) in [7, 11) is 0. The summed E-state index contributed by atoms with van der Waals surface area (Å²) in [6.45, 7) is 9.37. The predicted molar refractivity (Wildman–Crippen MR) is 122 cm³/mol. The van der Waals surface area contributed by atoms with Gasteiger partial charge in [0.05, 0.1) is 0 Å². The van der Waals surface area contributed by atoms with Crippen LogP contribution in [0.25, 0.3) is 11.0 Å². The average molecular weight is 444 g/mol. The SMILES string of the molecule is CC(C)CCC(NC(=O)OC(C)(C)C)C(=O)Oc1ccc2c3c(c(=O)oc2c1)CCCC3. The van der Waals surface area contributed by atoms with Crippen LogP contribution >= 0.6 is 0 Å². The number of amides is 1. The number of rotatable bonds is 6. The Balaban J connectivity index is 1.79. The Kier molecular flexibility index (Phi) is 7.26. The predicted octanol–water partition coefficient (Wildman–Crippen LogP) is 4.91. The van der Waals surface area contributed by atoms with Gasteiger partial charge in [-0.3, -0.25) is 0 Å². The van der Waals surface area contributed by atoms with Crippen molar-refractivity contribution in [3.8, 4) is 5.75 Å². The molecule has 1 aliphatic rings. The molecule has 32 heavy (non-hydrogen) atoms. The minimum Gasteiger partial charge on any atom is -0.444 e. The zero-order valence-corrected chi connectivity index (χ0v) is 19.6. The van der Waals surface area contributed by atoms with E-state index in [0.29, 0.717) is 17.9 Å². The number of hydrogen-bond donors (Lipinski definition) is 1. The zero-order chi connectivity index (χ0) is 23.5. The molecule has 0 aliphatic heterocycles. The molecule has 0 saturated heterocycles. The van der Waals surface area contributed by atoms with E-state index >= 15 is 0 Å². The average Bonchev–Trinajstić information content (AvgIpc) is 2.69. The van der Waals surface area contributed by atoms with Crippen molar-refractivity contribution in [3.05, 3.63) is 39.7 Å². The second-order valence-corrected chi connectivity index (χ2v) is 9.80. The Labute approximate surface area is 188 Å². The summed E-state index contributed by atoms with van der Waals surface area (Å²) in [4.78, 5) is 37.5. The minimum atomic E-state index is -0.849. The highest BCUT2D eigenvalue weighted by Crippen LogP contribution is 2.29. The molecule has 1 aliphatic carbocycles. The van der Waals surface area contributed by atoms with Crippen LogP contribution in [0.15, 0.2) is 27.4 Å². The standard InChI is InChI=1S/C25H33NO6/c1-15(2)10-13-20(26-24(29)32-25(3,4)5)23(28)30-16-11-12-18-17-8-6-7-9-19(17)22(27)31-21(18)14-16/h11-12,14-15,20H,6-10,13H2,1-5H3,(H,26,29). The molecule has 1 atom stereocenters. The van der Waals surface area contributed by atoms with Crippen molar-refractivity contribution in [1.82, 2.24) is 5.32 Å². The third-order valence-electron chi connectivity index (χ3n) is 5.42. The van der Waals surface area contributed by atoms with E-state index < -0.39 is 23.7 Å². The molecule has 7 heteroatoms. The van der Waals surface area contributed by atoms with Gasteiger partial charge >= 0.3 is 17.7 Å². The monoisotopic (exact) mass is 443 g/mol. The molecule has 0 spiro atoms. The molecule has 1 aromatic heterocycles. The number of aryl methyl sites for hydroxylation is 1. The maximum absolute atomic E-state index is 12.9. The fourth-order valence-electron chi connectivity index (χ4n) is 3.88. The smallest absolute Gasteiger partial charge is 0.408 e. The second kappa shape index (κ2) is 9.76. The van der Waals surface area contributed by atoms with E-state index in [1.165, 1.54) is 0 Å². The van der Waals surface area contributed by atoms with E-state index in [4.69, 9.17) is 13.9 Å². The van der Waals surface area contributed by atoms with Crippen LogP contribution in [0, 0.1) is 5.92 Å². The lowest BCUT2D eigenvalue weighted by Crippen LogP contribution is -2.45. The van der Waals surface area contributed by atoms with Crippen molar-refractivity contribution < 1.29 is 23.5 Å². The summed E-state index contributed by atoms with van der Waals surface area (Å²) in [5.74, 6) is 0.0324. The van der Waals surface area contributed by atoms with Gasteiger partial charge in [-0.15, -0.1) is 0 Å². The molecule has 1 heterocycles. The highest BCUT2D eigenvalue weighted by atomic mass is 16.6. The van der Waals surface area contributed by atoms with E-state index in [9.17, 15) is 14.4 Å². The Hall–Kier alpha value is -2.83. The van der Waals surface area contributed by atoms with Crippen LogP contribution in [0.4, 0.5) is 4.79 Å². The summed E-state index contributed by atoms with van der Waals surface area (Å²) in [5, 5.41) is 3.50. The van der Waals surface area contributed by atoms with Crippen molar-refractivity contribution >= 4 is 23.0 Å². The Morgan fingerprint density at radius 1 is 1.09 bits per heavy atom. The third-order valence-corrected chi connectivity index (χ3v) is 5.42. The summed E-state index contributed by atoms with van der Waals surface area (Å²) in [6.07, 6.45) is 4.09. The first-order chi connectivity index (χ1) is 15.0. The molecular formula is C25H33NO6. The number of ether oxygens (including phenoxy) is 2. The lowest BCUT2D eigenvalue weighted by Gasteiger charge is -2.23. The van der Waals surface area contributed by atoms with Gasteiger partial charge in [0.1, 0.15) is 23.0 Å². The van der Waals surface area contributed by atoms with Gasteiger partial charge in [-0.25, -0.2) is 14.4 Å². The molecule has 0 fully saturated rings. The van der Waals surface area contributed by atoms with E-state index in [2.05, 4.69) is 5.32 Å². The fraction of sp³-hybridized carbons (Fsp3) is 0.560. The van der Waals surface area contributed by atoms with Crippen LogP contribution in [0.3, 0.4) is 0 Å². The number of hydrogen-bond acceptors (Lipinski definition) is 6. The lowest BCUT2D eigenvalue weighted by atomic mass is 9.91. The van der Waals surface area contributed by atoms with Gasteiger partial charge in [-0.1, -0.05) is 13.8 Å². The lowest BCUT2D eigenvalue weighted by molar-refractivity contribution is -0.137. The molecular weight excluding hydrogens is 410 g/mol. The van der Waals surface area contributed by atoms with E-state index in [1.807, 2.05) is 19.9 Å². The van der Waals surface area contributed by atoms with Gasteiger partial charge in [0.15, 0.2) is 0 Å². The Morgan fingerprint density at radius 3 is 2.44 bits per heavy atom. The van der Waals surface area contributed by atoms with Crippen LogP contribution < -0.4 is 15.7 Å². The number of alkyl carbamates (subject to hydrolysis) is 1. The summed E-state index contributed by atoms with van der Waals surface area (Å²) >= 11 is 0. The second-order valence-electron chi connectivity index (χ2n) is 9.80. The zero-order valence-electron chi connectivity index (χ0n) is 19.6. The van der Waals surface area contributed by atoms with Crippen molar-refractivity contribution in [2.24, 2.45) is 5.92 Å². The number of nitrogens with one attached hydrogen (secondary N) is 1. The molecule has 0 bridgehead atoms. The molecule has 1 N–H and O–H groups in total. The van der Waals surface area contributed by atoms with E-state index in [-0.39, 0.29) is 11.4 Å². The molecule has 174 valence electrons. The molecule has 0 radical (unpaired) electrons. The summed E-state index contributed by atoms with van der Waals surface area (Å²) in [6, 6.07) is 4.24. The van der Waals surface area contributed by atoms with Gasteiger partial charge in [0.25, 0.3) is 0 Å². The van der Waals surface area contributed by atoms with Crippen molar-refractivity contribution in [3.63, 3.8) is 0 Å². The molecule has 1 amide bonds. The molecule has 1 unspecified atom stereocenters. The van der Waals surface area contributed by atoms with Crippen LogP contribution in [-0.2, 0) is 22.4 Å². The van der Waals surface area contributed by atoms with Crippen molar-refractivity contribution in [1.29, 1.82) is 0 Å². The van der Waals surface area contributed by atoms with Crippen molar-refractivity contribution in [2.45, 2.75) is 84.8 Å². The highest BCUT2D eigenvalue weighted by molar-refractivity contribution is 5.86. The molecule has 3 rings (SSSR count). The Bertz CT molecular complexity index is 1050. The molecule has 2 aromatic rings. The maximum atomic E-state index is 12.9. The van der Waals surface area contributed by atoms with Gasteiger partial charge in [-0.2, -0.15) is 0 Å². The molecule has 1 aromatic carbocycles. The van der Waals surface area contributed by atoms with Gasteiger partial charge in [-0.05, 0) is 82.9 Å². The molecule has 0 saturated carbocycles. The quantitative estimate of drug-likeness (QED) is 0.387. The first-order valence-electron chi connectivity index (χ1n) is 11.3. The largest absolute Gasteiger partial charge is 0.444 e. The van der Waals surface area contributed by atoms with E-state index in [1.54, 1.807) is 32.9 Å². The van der Waals surface area contributed by atoms with Crippen LogP contribution in [0.2, 0.25) is 0 Å². The fourth-order valence-corrected chi connectivity index (χ4v) is 3.88. The number of carbonyl (C=O) groups excluding carboxylic acids is 2. The van der Waals surface area contributed by atoms with E-state index in [0.717, 1.165) is 48.6 Å². The van der Waals surface area contributed by atoms with Crippen LogP contribution in [-0.4, -0.2) is 23.7 Å². The molecule has 7 nitrogen and oxygen atoms in total. The Morgan fingerprint density at radius 2 is 1.78 bits per heavy atom. The first kappa shape index (κ1) is 23.8. The minimum absolute atomic E-state index is 0.266. The van der Waals surface area contributed by atoms with Crippen LogP contribution in [0.5, 0.6) is 5.75 Å². The maximum Gasteiger partial charge on any atom is 0.408 e. The number of benzene rings is 1. The third kappa shape index (κ3) is 6.11. The van der Waals surface area contributed by atoms with Crippen LogP contribution in [0.1, 0.15) is 71.4 Å². The van der Waals surface area contributed by atoms with Gasteiger partial charge < -0.3 is 19.2 Å². The topological polar surface area (TPSA) is 94.8 Å². The summed E-state index contributed by atoms with van der Waals surface area (Å²) < 4.78 is 16.4. The summed E-state index contributed by atoms with van der Waals surface area (Å²) in [5.41, 5.74) is 1.19. The first-order valence-corrected chi connectivity index (χ1v) is 11.3.